The molecule has 0 saturated heterocycles. The number of likely N-dealkylation sites (N-methyl/N-ethyl adjacent to an activating group) is 1. The molecule has 9 heteroatoms. The lowest BCUT2D eigenvalue weighted by Crippen LogP contribution is -2.35. The van der Waals surface area contributed by atoms with Crippen LogP contribution in [0.15, 0.2) is 58.8 Å². The molecular formula is C20H27N4O4P. The molecule has 8 nitrogen and oxygen atoms in total. The highest BCUT2D eigenvalue weighted by Crippen LogP contribution is 2.34. The summed E-state index contributed by atoms with van der Waals surface area (Å²) in [5, 5.41) is 11.0. The number of hydrogen-bond acceptors (Lipinski definition) is 5. The predicted octanol–water partition coefficient (Wildman–Crippen LogP) is 3.50. The summed E-state index contributed by atoms with van der Waals surface area (Å²) in [6.45, 7) is 5.15. The first-order valence-electron chi connectivity index (χ1n) is 9.37. The van der Waals surface area contributed by atoms with Crippen LogP contribution in [0.2, 0.25) is 0 Å². The molecular weight excluding hydrogens is 391 g/mol. The van der Waals surface area contributed by atoms with Gasteiger partial charge in [-0.25, -0.2) is 0 Å². The van der Waals surface area contributed by atoms with E-state index in [2.05, 4.69) is 15.5 Å². The van der Waals surface area contributed by atoms with E-state index < -0.39 is 7.60 Å². The van der Waals surface area contributed by atoms with Gasteiger partial charge in [0, 0.05) is 31.7 Å². The molecule has 2 aromatic rings. The van der Waals surface area contributed by atoms with Crippen molar-refractivity contribution >= 4 is 35.9 Å². The molecule has 29 heavy (non-hydrogen) atoms. The number of nitrogens with zero attached hydrogens (tertiary/aromatic N) is 3. The number of carbonyl (C=O) groups is 1. The van der Waals surface area contributed by atoms with Crippen LogP contribution in [0.4, 0.5) is 17.1 Å². The van der Waals surface area contributed by atoms with Gasteiger partial charge in [-0.15, -0.1) is 0 Å². The molecule has 0 unspecified atom stereocenters. The van der Waals surface area contributed by atoms with Gasteiger partial charge in [0.25, 0.3) is 0 Å². The first kappa shape index (κ1) is 22.7. The van der Waals surface area contributed by atoms with Gasteiger partial charge >= 0.3 is 7.60 Å². The standard InChI is InChI=1S/C20H27N4O4P/c1-4-15(2)20(25)21-12-13-24(3)18-10-8-16(9-11-18)22-23-17-6-5-7-19(14-17)29(26,27)28/h5-11,14-15H,4,12-13H2,1-3H3,(H,21,25)(H2,26,27,28)/t15-/m0/s1. The fourth-order valence-electron chi connectivity index (χ4n) is 2.46. The number of anilines is 1. The minimum Gasteiger partial charge on any atom is -0.373 e. The van der Waals surface area contributed by atoms with Crippen LogP contribution in [0.5, 0.6) is 0 Å². The summed E-state index contributed by atoms with van der Waals surface area (Å²) in [5.74, 6) is 0.0896. The Hall–Kier alpha value is -2.54. The van der Waals surface area contributed by atoms with Crippen molar-refractivity contribution in [2.24, 2.45) is 16.1 Å². The predicted molar refractivity (Wildman–Crippen MR) is 114 cm³/mol. The normalized spacial score (nSPS) is 12.7. The quantitative estimate of drug-likeness (QED) is 0.426. The Morgan fingerprint density at radius 1 is 1.14 bits per heavy atom. The van der Waals surface area contributed by atoms with Crippen LogP contribution in [0.3, 0.4) is 0 Å². The van der Waals surface area contributed by atoms with Crippen LogP contribution < -0.4 is 15.5 Å². The SMILES string of the molecule is CC[C@H](C)C(=O)NCCN(C)c1ccc(N=Nc2cccc(P(=O)(O)O)c2)cc1. The van der Waals surface area contributed by atoms with E-state index in [0.717, 1.165) is 12.1 Å². The highest BCUT2D eigenvalue weighted by molar-refractivity contribution is 7.60. The number of nitrogens with one attached hydrogen (secondary N) is 1. The Balaban J connectivity index is 1.94. The van der Waals surface area contributed by atoms with Crippen molar-refractivity contribution in [2.75, 3.05) is 25.0 Å². The second kappa shape index (κ2) is 10.3. The maximum absolute atomic E-state index is 11.8. The number of benzene rings is 2. The number of amides is 1. The summed E-state index contributed by atoms with van der Waals surface area (Å²) in [6, 6.07) is 13.2. The maximum Gasteiger partial charge on any atom is 0.356 e. The molecule has 0 aliphatic heterocycles. The lowest BCUT2D eigenvalue weighted by Gasteiger charge is -2.20. The zero-order valence-electron chi connectivity index (χ0n) is 16.8. The van der Waals surface area contributed by atoms with Crippen molar-refractivity contribution in [3.63, 3.8) is 0 Å². The molecule has 0 bridgehead atoms. The number of rotatable bonds is 9. The maximum atomic E-state index is 11.8. The molecule has 0 saturated carbocycles. The largest absolute Gasteiger partial charge is 0.373 e. The molecule has 0 heterocycles. The van der Waals surface area contributed by atoms with E-state index in [4.69, 9.17) is 0 Å². The minimum absolute atomic E-state index is 0.0207. The molecule has 1 amide bonds. The molecule has 0 aliphatic carbocycles. The van der Waals surface area contributed by atoms with E-state index in [-0.39, 0.29) is 17.1 Å². The molecule has 0 radical (unpaired) electrons. The first-order chi connectivity index (χ1) is 13.7. The molecule has 2 rings (SSSR count). The van der Waals surface area contributed by atoms with Crippen molar-refractivity contribution in [3.05, 3.63) is 48.5 Å². The smallest absolute Gasteiger partial charge is 0.356 e. The summed E-state index contributed by atoms with van der Waals surface area (Å²) in [6.07, 6.45) is 0.821. The van der Waals surface area contributed by atoms with Crippen molar-refractivity contribution in [1.82, 2.24) is 5.32 Å². The van der Waals surface area contributed by atoms with Gasteiger partial charge < -0.3 is 20.0 Å². The first-order valence-corrected chi connectivity index (χ1v) is 11.0. The number of carbonyl (C=O) groups excluding carboxylic acids is 1. The average molecular weight is 418 g/mol. The summed E-state index contributed by atoms with van der Waals surface area (Å²) >= 11 is 0. The molecule has 2 aromatic carbocycles. The van der Waals surface area contributed by atoms with Crippen LogP contribution in [0, 0.1) is 5.92 Å². The van der Waals surface area contributed by atoms with Gasteiger partial charge in [-0.3, -0.25) is 9.36 Å². The topological polar surface area (TPSA) is 115 Å². The van der Waals surface area contributed by atoms with E-state index in [1.165, 1.54) is 18.2 Å². The third kappa shape index (κ3) is 7.09. The van der Waals surface area contributed by atoms with Gasteiger partial charge in [0.15, 0.2) is 0 Å². The van der Waals surface area contributed by atoms with E-state index in [1.54, 1.807) is 18.2 Å². The van der Waals surface area contributed by atoms with Crippen LogP contribution in [-0.2, 0) is 9.36 Å². The third-order valence-corrected chi connectivity index (χ3v) is 5.49. The molecule has 156 valence electrons. The Bertz CT molecular complexity index is 896. The molecule has 0 fully saturated rings. The Labute approximate surface area is 170 Å². The average Bonchev–Trinajstić information content (AvgIpc) is 2.71. The van der Waals surface area contributed by atoms with Gasteiger partial charge in [-0.2, -0.15) is 10.2 Å². The van der Waals surface area contributed by atoms with E-state index in [9.17, 15) is 19.1 Å². The van der Waals surface area contributed by atoms with E-state index in [0.29, 0.717) is 24.5 Å². The Morgan fingerprint density at radius 2 is 1.79 bits per heavy atom. The number of hydrogen-bond donors (Lipinski definition) is 3. The van der Waals surface area contributed by atoms with Crippen molar-refractivity contribution in [2.45, 2.75) is 20.3 Å². The molecule has 0 aromatic heterocycles. The van der Waals surface area contributed by atoms with E-state index in [1.807, 2.05) is 37.9 Å². The second-order valence-electron chi connectivity index (χ2n) is 6.80. The fraction of sp³-hybridized carbons (Fsp3) is 0.350. The lowest BCUT2D eigenvalue weighted by atomic mass is 10.1. The van der Waals surface area contributed by atoms with Crippen LogP contribution in [-0.4, -0.2) is 35.8 Å². The summed E-state index contributed by atoms with van der Waals surface area (Å²) < 4.78 is 11.3. The van der Waals surface area contributed by atoms with Crippen molar-refractivity contribution in [3.8, 4) is 0 Å². The van der Waals surface area contributed by atoms with Gasteiger partial charge in [-0.1, -0.05) is 19.9 Å². The van der Waals surface area contributed by atoms with Crippen molar-refractivity contribution in [1.29, 1.82) is 0 Å². The third-order valence-electron chi connectivity index (χ3n) is 4.54. The zero-order chi connectivity index (χ0) is 21.4. The van der Waals surface area contributed by atoms with Crippen LogP contribution in [0.1, 0.15) is 20.3 Å². The van der Waals surface area contributed by atoms with E-state index >= 15 is 0 Å². The zero-order valence-corrected chi connectivity index (χ0v) is 17.7. The second-order valence-corrected chi connectivity index (χ2v) is 8.41. The summed E-state index contributed by atoms with van der Waals surface area (Å²) in [7, 11) is -2.37. The molecule has 3 N–H and O–H groups in total. The van der Waals surface area contributed by atoms with Crippen molar-refractivity contribution < 1.29 is 19.1 Å². The minimum atomic E-state index is -4.32. The monoisotopic (exact) mass is 418 g/mol. The Morgan fingerprint density at radius 3 is 2.41 bits per heavy atom. The summed E-state index contributed by atoms with van der Waals surface area (Å²) in [5.41, 5.74) is 1.96. The molecule has 0 aliphatic rings. The van der Waals surface area contributed by atoms with Crippen LogP contribution in [0.25, 0.3) is 0 Å². The molecule has 1 atom stereocenters. The fourth-order valence-corrected chi connectivity index (χ4v) is 3.04. The summed E-state index contributed by atoms with van der Waals surface area (Å²) in [4.78, 5) is 32.3. The van der Waals surface area contributed by atoms with Gasteiger partial charge in [0.05, 0.1) is 16.7 Å². The highest BCUT2D eigenvalue weighted by atomic mass is 31.2. The van der Waals surface area contributed by atoms with Gasteiger partial charge in [0.2, 0.25) is 5.91 Å². The van der Waals surface area contributed by atoms with Crippen LogP contribution >= 0.6 is 7.60 Å². The highest BCUT2D eigenvalue weighted by Gasteiger charge is 2.16. The lowest BCUT2D eigenvalue weighted by molar-refractivity contribution is -0.124. The van der Waals surface area contributed by atoms with Gasteiger partial charge in [-0.05, 0) is 48.9 Å². The number of azo groups is 1. The van der Waals surface area contributed by atoms with Gasteiger partial charge in [0.1, 0.15) is 0 Å². The molecule has 0 spiro atoms. The Kier molecular flexibility index (Phi) is 8.08.